The molecule has 0 spiro atoms. The molecule has 2 aromatic carbocycles. The second kappa shape index (κ2) is 10.3. The van der Waals surface area contributed by atoms with Crippen molar-refractivity contribution in [2.45, 2.75) is 13.8 Å². The van der Waals surface area contributed by atoms with Crippen LogP contribution in [0.1, 0.15) is 19.4 Å². The number of nitrogens with zero attached hydrogens (tertiary/aromatic N) is 5. The lowest BCUT2D eigenvalue weighted by molar-refractivity contribution is -0.384. The van der Waals surface area contributed by atoms with E-state index >= 15 is 0 Å². The summed E-state index contributed by atoms with van der Waals surface area (Å²) in [6, 6.07) is 9.49. The molecule has 0 aliphatic rings. The average Bonchev–Trinajstić information content (AvgIpc) is 2.74. The van der Waals surface area contributed by atoms with Gasteiger partial charge in [-0.2, -0.15) is 5.26 Å². The fraction of sp³-hybridized carbons (Fsp3) is 0.263. The van der Waals surface area contributed by atoms with E-state index in [1.54, 1.807) is 12.1 Å². The summed E-state index contributed by atoms with van der Waals surface area (Å²) in [6.07, 6.45) is -0.669. The van der Waals surface area contributed by atoms with Gasteiger partial charge in [0.15, 0.2) is 0 Å². The fourth-order valence-corrected chi connectivity index (χ4v) is 3.17. The predicted octanol–water partition coefficient (Wildman–Crippen LogP) is 5.67. The number of benzene rings is 2. The second-order valence-corrected chi connectivity index (χ2v) is 6.74. The van der Waals surface area contributed by atoms with Crippen LogP contribution in [0.3, 0.4) is 0 Å². The van der Waals surface area contributed by atoms with Gasteiger partial charge in [0, 0.05) is 30.9 Å². The zero-order valence-corrected chi connectivity index (χ0v) is 18.1. The highest BCUT2D eigenvalue weighted by molar-refractivity contribution is 9.10. The van der Waals surface area contributed by atoms with Crippen molar-refractivity contribution in [3.63, 3.8) is 0 Å². The largest absolute Gasteiger partial charge is 0.453 e. The molecule has 0 aromatic heterocycles. The second-order valence-electron chi connectivity index (χ2n) is 5.88. The third-order valence-electron chi connectivity index (χ3n) is 4.17. The highest BCUT2D eigenvalue weighted by Gasteiger charge is 2.16. The number of nitro groups is 1. The van der Waals surface area contributed by atoms with Crippen LogP contribution in [0.4, 0.5) is 33.2 Å². The van der Waals surface area contributed by atoms with Crippen molar-refractivity contribution in [3.8, 4) is 6.07 Å². The summed E-state index contributed by atoms with van der Waals surface area (Å²) in [5.74, 6) is 0. The van der Waals surface area contributed by atoms with Crippen LogP contribution in [-0.4, -0.2) is 31.2 Å². The number of hydrogen-bond acceptors (Lipinski definition) is 8. The molecule has 0 saturated carbocycles. The van der Waals surface area contributed by atoms with Crippen LogP contribution in [0.15, 0.2) is 45.0 Å². The molecular weight excluding hydrogens is 456 g/mol. The molecule has 0 unspecified atom stereocenters. The van der Waals surface area contributed by atoms with E-state index in [-0.39, 0.29) is 21.4 Å². The van der Waals surface area contributed by atoms with Gasteiger partial charge in [0.25, 0.3) is 5.69 Å². The standard InChI is InChI=1S/C19H19BrN6O4/c1-4-25(5-2)13-6-7-16(17(10-13)22-19(27)30-3)23-24-18-12(11-21)8-14(26(28)29)9-15(18)20/h6-10H,4-5H2,1-3H3,(H,22,27). The van der Waals surface area contributed by atoms with Gasteiger partial charge in [-0.3, -0.25) is 15.4 Å². The number of non-ortho nitro benzene ring substituents is 1. The third kappa shape index (κ3) is 5.30. The normalized spacial score (nSPS) is 10.5. The van der Waals surface area contributed by atoms with E-state index in [0.717, 1.165) is 24.8 Å². The number of amides is 1. The van der Waals surface area contributed by atoms with Crippen molar-refractivity contribution in [2.75, 3.05) is 30.4 Å². The number of rotatable bonds is 7. The Hall–Kier alpha value is -3.52. The van der Waals surface area contributed by atoms with E-state index in [4.69, 9.17) is 0 Å². The van der Waals surface area contributed by atoms with E-state index in [1.165, 1.54) is 13.2 Å². The molecule has 2 rings (SSSR count). The van der Waals surface area contributed by atoms with E-state index in [0.29, 0.717) is 11.4 Å². The van der Waals surface area contributed by atoms with Gasteiger partial charge in [-0.05, 0) is 48.0 Å². The molecule has 0 fully saturated rings. The van der Waals surface area contributed by atoms with Crippen molar-refractivity contribution in [2.24, 2.45) is 10.2 Å². The first-order valence-corrected chi connectivity index (χ1v) is 9.67. The quantitative estimate of drug-likeness (QED) is 0.312. The number of nitriles is 1. The molecule has 2 aromatic rings. The van der Waals surface area contributed by atoms with E-state index in [1.807, 2.05) is 26.0 Å². The Labute approximate surface area is 181 Å². The lowest BCUT2D eigenvalue weighted by Gasteiger charge is -2.22. The minimum Gasteiger partial charge on any atom is -0.453 e. The molecule has 1 N–H and O–H groups in total. The summed E-state index contributed by atoms with van der Waals surface area (Å²) in [5, 5.41) is 31.1. The summed E-state index contributed by atoms with van der Waals surface area (Å²) < 4.78 is 4.92. The number of nitrogens with one attached hydrogen (secondary N) is 1. The molecule has 30 heavy (non-hydrogen) atoms. The molecule has 11 heteroatoms. The third-order valence-corrected chi connectivity index (χ3v) is 4.77. The molecule has 1 amide bonds. The summed E-state index contributed by atoms with van der Waals surface area (Å²) in [6.45, 7) is 5.58. The molecule has 156 valence electrons. The smallest absolute Gasteiger partial charge is 0.411 e. The number of ether oxygens (including phenoxy) is 1. The Balaban J connectivity index is 2.51. The number of halogens is 1. The molecular formula is C19H19BrN6O4. The number of hydrogen-bond donors (Lipinski definition) is 1. The molecule has 0 bridgehead atoms. The van der Waals surface area contributed by atoms with E-state index < -0.39 is 11.0 Å². The number of nitro benzene ring substituents is 1. The summed E-state index contributed by atoms with van der Waals surface area (Å²) in [7, 11) is 1.25. The first-order valence-electron chi connectivity index (χ1n) is 8.88. The topological polar surface area (TPSA) is 133 Å². The lowest BCUT2D eigenvalue weighted by Crippen LogP contribution is -2.22. The van der Waals surface area contributed by atoms with Crippen LogP contribution >= 0.6 is 15.9 Å². The Bertz CT molecular complexity index is 1030. The van der Waals surface area contributed by atoms with Crippen molar-refractivity contribution in [1.29, 1.82) is 5.26 Å². The summed E-state index contributed by atoms with van der Waals surface area (Å²) >= 11 is 3.19. The average molecular weight is 475 g/mol. The molecule has 10 nitrogen and oxygen atoms in total. The number of carbonyl (C=O) groups is 1. The highest BCUT2D eigenvalue weighted by atomic mass is 79.9. The maximum absolute atomic E-state index is 11.8. The van der Waals surface area contributed by atoms with Crippen LogP contribution in [0, 0.1) is 21.4 Å². The van der Waals surface area contributed by atoms with Gasteiger partial charge in [0.1, 0.15) is 17.4 Å². The summed E-state index contributed by atoms with van der Waals surface area (Å²) in [5.41, 5.74) is 1.45. The van der Waals surface area contributed by atoms with Crippen molar-refractivity contribution >= 4 is 50.5 Å². The first kappa shape index (κ1) is 22.8. The number of azo groups is 1. The monoisotopic (exact) mass is 474 g/mol. The van der Waals surface area contributed by atoms with Crippen LogP contribution < -0.4 is 10.2 Å². The zero-order valence-electron chi connectivity index (χ0n) is 16.5. The lowest BCUT2D eigenvalue weighted by atomic mass is 10.2. The zero-order chi connectivity index (χ0) is 22.3. The van der Waals surface area contributed by atoms with Crippen LogP contribution in [0.5, 0.6) is 0 Å². The van der Waals surface area contributed by atoms with Crippen molar-refractivity contribution in [1.82, 2.24) is 0 Å². The Morgan fingerprint density at radius 3 is 2.57 bits per heavy atom. The van der Waals surface area contributed by atoms with Crippen LogP contribution in [0.2, 0.25) is 0 Å². The maximum Gasteiger partial charge on any atom is 0.411 e. The SMILES string of the molecule is CCN(CC)c1ccc(N=Nc2c(Br)cc([N+](=O)[O-])cc2C#N)c(NC(=O)OC)c1. The maximum atomic E-state index is 11.8. The Kier molecular flexibility index (Phi) is 7.83. The van der Waals surface area contributed by atoms with E-state index in [9.17, 15) is 20.2 Å². The first-order chi connectivity index (χ1) is 14.3. The summed E-state index contributed by atoms with van der Waals surface area (Å²) in [4.78, 5) is 24.2. The minimum absolute atomic E-state index is 0.0120. The highest BCUT2D eigenvalue weighted by Crippen LogP contribution is 2.36. The van der Waals surface area contributed by atoms with Gasteiger partial charge < -0.3 is 9.64 Å². The molecule has 0 saturated heterocycles. The van der Waals surface area contributed by atoms with Gasteiger partial charge in [-0.25, -0.2) is 4.79 Å². The molecule has 0 heterocycles. The number of methoxy groups -OCH3 is 1. The Morgan fingerprint density at radius 1 is 1.30 bits per heavy atom. The van der Waals surface area contributed by atoms with Crippen molar-refractivity contribution in [3.05, 3.63) is 50.5 Å². The van der Waals surface area contributed by atoms with Gasteiger partial charge >= 0.3 is 6.09 Å². The molecule has 0 atom stereocenters. The van der Waals surface area contributed by atoms with Crippen LogP contribution in [-0.2, 0) is 4.74 Å². The van der Waals surface area contributed by atoms with Gasteiger partial charge in [0.05, 0.1) is 27.8 Å². The van der Waals surface area contributed by atoms with Crippen molar-refractivity contribution < 1.29 is 14.5 Å². The van der Waals surface area contributed by atoms with Gasteiger partial charge in [-0.1, -0.05) is 0 Å². The predicted molar refractivity (Wildman–Crippen MR) is 116 cm³/mol. The minimum atomic E-state index is -0.669. The molecule has 0 radical (unpaired) electrons. The Morgan fingerprint density at radius 2 is 2.00 bits per heavy atom. The number of carbonyl (C=O) groups excluding carboxylic acids is 1. The van der Waals surface area contributed by atoms with Gasteiger partial charge in [-0.15, -0.1) is 10.2 Å². The van der Waals surface area contributed by atoms with Gasteiger partial charge in [0.2, 0.25) is 0 Å². The number of anilines is 2. The molecule has 0 aliphatic carbocycles. The van der Waals surface area contributed by atoms with Crippen LogP contribution in [0.25, 0.3) is 0 Å². The fourth-order valence-electron chi connectivity index (χ4n) is 2.64. The molecule has 0 aliphatic heterocycles. The van der Waals surface area contributed by atoms with E-state index in [2.05, 4.69) is 41.1 Å².